The summed E-state index contributed by atoms with van der Waals surface area (Å²) in [6, 6.07) is 10.6. The third-order valence-electron chi connectivity index (χ3n) is 5.28. The van der Waals surface area contributed by atoms with Gasteiger partial charge in [0, 0.05) is 10.4 Å². The standard InChI is InChI=1S/C21H28N2OS/c1-17-16-25-18(2)21(17)22-20(24)15-23(12-8-3-4-9-13-23)14-19-10-6-5-7-11-19/h5-7,10-11,16H,3-4,8-9,12-15H2,1-2H3/p+1. The normalized spacial score (nSPS) is 17.0. The lowest BCUT2D eigenvalue weighted by atomic mass is 10.1. The number of carbonyl (C=O) groups is 1. The van der Waals surface area contributed by atoms with Gasteiger partial charge < -0.3 is 9.80 Å². The van der Waals surface area contributed by atoms with Gasteiger partial charge in [-0.1, -0.05) is 30.3 Å². The Morgan fingerprint density at radius 1 is 1.08 bits per heavy atom. The smallest absolute Gasteiger partial charge is 0.279 e. The highest BCUT2D eigenvalue weighted by molar-refractivity contribution is 7.10. The summed E-state index contributed by atoms with van der Waals surface area (Å²) in [5.74, 6) is 0.155. The molecule has 2 heterocycles. The highest BCUT2D eigenvalue weighted by Crippen LogP contribution is 2.27. The molecule has 1 aromatic heterocycles. The number of likely N-dealkylation sites (tertiary alicyclic amines) is 1. The summed E-state index contributed by atoms with van der Waals surface area (Å²) in [5.41, 5.74) is 3.52. The van der Waals surface area contributed by atoms with Crippen LogP contribution >= 0.6 is 11.3 Å². The first kappa shape index (κ1) is 18.2. The largest absolute Gasteiger partial charge is 0.320 e. The number of nitrogens with zero attached hydrogens (tertiary/aromatic N) is 1. The van der Waals surface area contributed by atoms with E-state index in [1.165, 1.54) is 41.7 Å². The maximum atomic E-state index is 12.9. The molecule has 0 unspecified atom stereocenters. The SMILES string of the molecule is Cc1csc(C)c1NC(=O)C[N+]1(Cc2ccccc2)CCCCCC1. The second-order valence-corrected chi connectivity index (χ2v) is 8.49. The molecule has 0 saturated carbocycles. The highest BCUT2D eigenvalue weighted by Gasteiger charge is 2.32. The molecule has 0 radical (unpaired) electrons. The molecule has 0 spiro atoms. The highest BCUT2D eigenvalue weighted by atomic mass is 32.1. The Labute approximate surface area is 155 Å². The topological polar surface area (TPSA) is 29.1 Å². The van der Waals surface area contributed by atoms with Crippen LogP contribution in [0.3, 0.4) is 0 Å². The van der Waals surface area contributed by atoms with E-state index in [9.17, 15) is 4.79 Å². The van der Waals surface area contributed by atoms with Crippen LogP contribution in [0.5, 0.6) is 0 Å². The van der Waals surface area contributed by atoms with E-state index >= 15 is 0 Å². The van der Waals surface area contributed by atoms with Gasteiger partial charge in [-0.25, -0.2) is 0 Å². The van der Waals surface area contributed by atoms with Crippen LogP contribution in [0.2, 0.25) is 0 Å². The second-order valence-electron chi connectivity index (χ2n) is 7.40. The third kappa shape index (κ3) is 4.71. The summed E-state index contributed by atoms with van der Waals surface area (Å²) in [7, 11) is 0. The Bertz CT molecular complexity index is 680. The van der Waals surface area contributed by atoms with E-state index in [0.29, 0.717) is 6.54 Å². The van der Waals surface area contributed by atoms with Crippen molar-refractivity contribution in [3.05, 3.63) is 51.7 Å². The molecule has 1 amide bonds. The number of nitrogens with one attached hydrogen (secondary N) is 1. The molecule has 3 rings (SSSR count). The number of amides is 1. The molecule has 1 fully saturated rings. The molecule has 2 aromatic rings. The van der Waals surface area contributed by atoms with Crippen molar-refractivity contribution >= 4 is 22.9 Å². The molecule has 3 nitrogen and oxygen atoms in total. The zero-order chi connectivity index (χ0) is 17.7. The van der Waals surface area contributed by atoms with E-state index in [2.05, 4.69) is 54.9 Å². The Hall–Kier alpha value is -1.65. The Kier molecular flexibility index (Phi) is 5.92. The summed E-state index contributed by atoms with van der Waals surface area (Å²) in [4.78, 5) is 14.1. The first-order valence-corrected chi connectivity index (χ1v) is 10.2. The van der Waals surface area contributed by atoms with Gasteiger partial charge in [0.1, 0.15) is 6.54 Å². The molecule has 0 atom stereocenters. The summed E-state index contributed by atoms with van der Waals surface area (Å²) in [5, 5.41) is 5.31. The maximum absolute atomic E-state index is 12.9. The van der Waals surface area contributed by atoms with E-state index in [1.54, 1.807) is 11.3 Å². The first-order valence-electron chi connectivity index (χ1n) is 9.32. The summed E-state index contributed by atoms with van der Waals surface area (Å²) in [6.07, 6.45) is 5.02. The fourth-order valence-electron chi connectivity index (χ4n) is 3.95. The van der Waals surface area contributed by atoms with Gasteiger partial charge in [-0.05, 0) is 50.5 Å². The molecule has 1 saturated heterocycles. The van der Waals surface area contributed by atoms with Crippen LogP contribution in [0, 0.1) is 13.8 Å². The number of aryl methyl sites for hydroxylation is 2. The van der Waals surface area contributed by atoms with E-state index in [-0.39, 0.29) is 5.91 Å². The van der Waals surface area contributed by atoms with Gasteiger partial charge in [0.2, 0.25) is 0 Å². The average Bonchev–Trinajstić information content (AvgIpc) is 2.78. The van der Waals surface area contributed by atoms with Crippen LogP contribution in [0.15, 0.2) is 35.7 Å². The molecule has 1 aliphatic heterocycles. The molecule has 0 aliphatic carbocycles. The van der Waals surface area contributed by atoms with Gasteiger partial charge in [-0.2, -0.15) is 0 Å². The van der Waals surface area contributed by atoms with E-state index in [1.807, 2.05) is 0 Å². The van der Waals surface area contributed by atoms with Crippen molar-refractivity contribution in [3.63, 3.8) is 0 Å². The van der Waals surface area contributed by atoms with Gasteiger partial charge in [-0.3, -0.25) is 4.79 Å². The number of hydrogen-bond acceptors (Lipinski definition) is 2. The number of rotatable bonds is 5. The lowest BCUT2D eigenvalue weighted by molar-refractivity contribution is -0.932. The molecule has 25 heavy (non-hydrogen) atoms. The zero-order valence-electron chi connectivity index (χ0n) is 15.4. The van der Waals surface area contributed by atoms with Crippen molar-refractivity contribution in [2.75, 3.05) is 25.0 Å². The minimum Gasteiger partial charge on any atom is -0.320 e. The first-order chi connectivity index (χ1) is 12.1. The third-order valence-corrected chi connectivity index (χ3v) is 6.31. The Morgan fingerprint density at radius 3 is 2.36 bits per heavy atom. The molecular formula is C21H29N2OS+. The number of anilines is 1. The van der Waals surface area contributed by atoms with Crippen LogP contribution in [0.1, 0.15) is 41.7 Å². The second kappa shape index (κ2) is 8.15. The van der Waals surface area contributed by atoms with Crippen molar-refractivity contribution in [3.8, 4) is 0 Å². The van der Waals surface area contributed by atoms with Crippen molar-refractivity contribution < 1.29 is 9.28 Å². The lowest BCUT2D eigenvalue weighted by Gasteiger charge is -2.37. The van der Waals surface area contributed by atoms with Crippen molar-refractivity contribution in [2.24, 2.45) is 0 Å². The molecule has 1 N–H and O–H groups in total. The van der Waals surface area contributed by atoms with E-state index in [0.717, 1.165) is 29.8 Å². The number of hydrogen-bond donors (Lipinski definition) is 1. The lowest BCUT2D eigenvalue weighted by Crippen LogP contribution is -2.52. The van der Waals surface area contributed by atoms with Crippen LogP contribution in [-0.2, 0) is 11.3 Å². The van der Waals surface area contributed by atoms with E-state index < -0.39 is 0 Å². The molecule has 1 aliphatic rings. The molecule has 0 bridgehead atoms. The fraction of sp³-hybridized carbons (Fsp3) is 0.476. The van der Waals surface area contributed by atoms with Gasteiger partial charge in [-0.15, -0.1) is 11.3 Å². The molecule has 134 valence electrons. The number of benzene rings is 1. The van der Waals surface area contributed by atoms with Crippen LogP contribution in [-0.4, -0.2) is 30.0 Å². The van der Waals surface area contributed by atoms with Crippen LogP contribution in [0.25, 0.3) is 0 Å². The summed E-state index contributed by atoms with van der Waals surface area (Å²) < 4.78 is 0.887. The number of quaternary nitrogens is 1. The van der Waals surface area contributed by atoms with Crippen molar-refractivity contribution in [2.45, 2.75) is 46.1 Å². The molecular weight excluding hydrogens is 328 g/mol. The van der Waals surface area contributed by atoms with Crippen LogP contribution < -0.4 is 5.32 Å². The van der Waals surface area contributed by atoms with Crippen molar-refractivity contribution in [1.82, 2.24) is 0 Å². The minimum absolute atomic E-state index is 0.155. The van der Waals surface area contributed by atoms with Gasteiger partial charge in [0.05, 0.1) is 18.8 Å². The summed E-state index contributed by atoms with van der Waals surface area (Å²) in [6.45, 7) is 7.88. The molecule has 4 heteroatoms. The number of carbonyl (C=O) groups excluding carboxylic acids is 1. The predicted molar refractivity (Wildman–Crippen MR) is 106 cm³/mol. The van der Waals surface area contributed by atoms with Gasteiger partial charge >= 0.3 is 0 Å². The van der Waals surface area contributed by atoms with Crippen LogP contribution in [0.4, 0.5) is 5.69 Å². The van der Waals surface area contributed by atoms with E-state index in [4.69, 9.17) is 0 Å². The monoisotopic (exact) mass is 357 g/mol. The van der Waals surface area contributed by atoms with Gasteiger partial charge in [0.15, 0.2) is 6.54 Å². The zero-order valence-corrected chi connectivity index (χ0v) is 16.2. The maximum Gasteiger partial charge on any atom is 0.279 e. The average molecular weight is 358 g/mol. The van der Waals surface area contributed by atoms with Crippen molar-refractivity contribution in [1.29, 1.82) is 0 Å². The quantitative estimate of drug-likeness (QED) is 0.758. The minimum atomic E-state index is 0.155. The Balaban J connectivity index is 1.76. The number of thiophene rings is 1. The Morgan fingerprint density at radius 2 is 1.76 bits per heavy atom. The predicted octanol–water partition coefficient (Wildman–Crippen LogP) is 4.89. The fourth-order valence-corrected chi connectivity index (χ4v) is 4.75. The van der Waals surface area contributed by atoms with Gasteiger partial charge in [0.25, 0.3) is 5.91 Å². The molecule has 1 aromatic carbocycles. The summed E-state index contributed by atoms with van der Waals surface area (Å²) >= 11 is 1.70.